The number of aromatic amines is 1. The standard InChI is InChI=1S/C13H14N4OS/c1-9-11(12(18)16-13(15-9)19-2)8-14-17-10-6-4-3-5-7-10/h3-8,17H,1-2H3,(H,15,16,18)/b14-8+. The molecule has 0 saturated carbocycles. The van der Waals surface area contributed by atoms with Gasteiger partial charge in [-0.1, -0.05) is 30.0 Å². The molecular formula is C13H14N4OS. The fraction of sp³-hybridized carbons (Fsp3) is 0.154. The number of para-hydroxylation sites is 1. The number of nitrogens with one attached hydrogen (secondary N) is 2. The van der Waals surface area contributed by atoms with Crippen LogP contribution in [0.4, 0.5) is 5.69 Å². The normalized spacial score (nSPS) is 10.8. The highest BCUT2D eigenvalue weighted by Crippen LogP contribution is 2.07. The van der Waals surface area contributed by atoms with Crippen LogP contribution >= 0.6 is 11.8 Å². The van der Waals surface area contributed by atoms with Crippen LogP contribution in [0.5, 0.6) is 0 Å². The van der Waals surface area contributed by atoms with Gasteiger partial charge in [-0.3, -0.25) is 10.2 Å². The number of hydrogen-bond acceptors (Lipinski definition) is 5. The van der Waals surface area contributed by atoms with Crippen molar-refractivity contribution in [3.8, 4) is 0 Å². The lowest BCUT2D eigenvalue weighted by Gasteiger charge is -2.02. The SMILES string of the molecule is CSc1nc(C)c(/C=N/Nc2ccccc2)c(=O)[nH]1. The first-order valence-electron chi connectivity index (χ1n) is 5.69. The van der Waals surface area contributed by atoms with Crippen LogP contribution in [0, 0.1) is 6.92 Å². The molecule has 0 bridgehead atoms. The Hall–Kier alpha value is -2.08. The van der Waals surface area contributed by atoms with Crippen molar-refractivity contribution in [2.24, 2.45) is 5.10 Å². The third kappa shape index (κ3) is 3.45. The zero-order chi connectivity index (χ0) is 13.7. The van der Waals surface area contributed by atoms with Crippen LogP contribution < -0.4 is 11.0 Å². The number of aromatic nitrogens is 2. The fourth-order valence-electron chi connectivity index (χ4n) is 1.50. The summed E-state index contributed by atoms with van der Waals surface area (Å²) in [6.45, 7) is 1.79. The summed E-state index contributed by atoms with van der Waals surface area (Å²) in [5, 5.41) is 4.65. The minimum Gasteiger partial charge on any atom is -0.301 e. The second-order valence-corrected chi connectivity index (χ2v) is 4.61. The van der Waals surface area contributed by atoms with E-state index < -0.39 is 0 Å². The van der Waals surface area contributed by atoms with Crippen LogP contribution in [-0.2, 0) is 0 Å². The van der Waals surface area contributed by atoms with Crippen molar-refractivity contribution in [1.29, 1.82) is 0 Å². The van der Waals surface area contributed by atoms with Crippen LogP contribution in [0.2, 0.25) is 0 Å². The van der Waals surface area contributed by atoms with Crippen LogP contribution in [-0.4, -0.2) is 22.4 Å². The van der Waals surface area contributed by atoms with Crippen LogP contribution in [0.1, 0.15) is 11.3 Å². The molecule has 0 aliphatic heterocycles. The van der Waals surface area contributed by atoms with Gasteiger partial charge in [-0.25, -0.2) is 4.98 Å². The number of anilines is 1. The molecule has 1 aromatic heterocycles. The third-order valence-corrected chi connectivity index (χ3v) is 3.06. The number of rotatable bonds is 4. The lowest BCUT2D eigenvalue weighted by atomic mass is 10.2. The number of H-pyrrole nitrogens is 1. The van der Waals surface area contributed by atoms with E-state index in [1.165, 1.54) is 18.0 Å². The maximum absolute atomic E-state index is 11.8. The van der Waals surface area contributed by atoms with E-state index in [-0.39, 0.29) is 5.56 Å². The molecule has 98 valence electrons. The summed E-state index contributed by atoms with van der Waals surface area (Å²) in [6.07, 6.45) is 3.35. The maximum Gasteiger partial charge on any atom is 0.260 e. The van der Waals surface area contributed by atoms with Gasteiger partial charge in [0.25, 0.3) is 5.56 Å². The molecule has 1 heterocycles. The van der Waals surface area contributed by atoms with Gasteiger partial charge >= 0.3 is 0 Å². The summed E-state index contributed by atoms with van der Waals surface area (Å²) in [4.78, 5) is 18.8. The zero-order valence-electron chi connectivity index (χ0n) is 10.7. The van der Waals surface area contributed by atoms with E-state index in [1.54, 1.807) is 6.92 Å². The summed E-state index contributed by atoms with van der Waals surface area (Å²) >= 11 is 1.40. The topological polar surface area (TPSA) is 70.1 Å². The first-order chi connectivity index (χ1) is 9.20. The molecule has 2 aromatic rings. The average molecular weight is 274 g/mol. The number of hydrazone groups is 1. The number of benzene rings is 1. The molecule has 0 spiro atoms. The van der Waals surface area contributed by atoms with E-state index >= 15 is 0 Å². The van der Waals surface area contributed by atoms with E-state index in [4.69, 9.17) is 0 Å². The van der Waals surface area contributed by atoms with E-state index in [1.807, 2.05) is 36.6 Å². The first kappa shape index (κ1) is 13.4. The van der Waals surface area contributed by atoms with Crippen molar-refractivity contribution in [3.05, 3.63) is 51.9 Å². The minimum atomic E-state index is -0.185. The van der Waals surface area contributed by atoms with Crippen molar-refractivity contribution in [3.63, 3.8) is 0 Å². The van der Waals surface area contributed by atoms with E-state index in [0.29, 0.717) is 16.4 Å². The van der Waals surface area contributed by atoms with Gasteiger partial charge in [-0.05, 0) is 25.3 Å². The monoisotopic (exact) mass is 274 g/mol. The molecule has 0 atom stereocenters. The van der Waals surface area contributed by atoms with Crippen molar-refractivity contribution in [1.82, 2.24) is 9.97 Å². The molecule has 0 aliphatic carbocycles. The van der Waals surface area contributed by atoms with Gasteiger partial charge in [0.05, 0.1) is 23.2 Å². The smallest absolute Gasteiger partial charge is 0.260 e. The highest BCUT2D eigenvalue weighted by molar-refractivity contribution is 7.98. The second kappa shape index (κ2) is 6.19. The number of hydrogen-bond donors (Lipinski definition) is 2. The van der Waals surface area contributed by atoms with Crippen LogP contribution in [0.25, 0.3) is 0 Å². The summed E-state index contributed by atoms with van der Waals surface area (Å²) < 4.78 is 0. The summed E-state index contributed by atoms with van der Waals surface area (Å²) in [7, 11) is 0. The minimum absolute atomic E-state index is 0.185. The number of thioether (sulfide) groups is 1. The number of aryl methyl sites for hydroxylation is 1. The lowest BCUT2D eigenvalue weighted by molar-refractivity contribution is 0.903. The van der Waals surface area contributed by atoms with Crippen molar-refractivity contribution < 1.29 is 0 Å². The Morgan fingerprint density at radius 3 is 2.74 bits per heavy atom. The first-order valence-corrected chi connectivity index (χ1v) is 6.92. The number of nitrogens with zero attached hydrogens (tertiary/aromatic N) is 2. The van der Waals surface area contributed by atoms with E-state index in [9.17, 15) is 4.79 Å². The molecule has 6 heteroatoms. The van der Waals surface area contributed by atoms with Crippen molar-refractivity contribution in [2.75, 3.05) is 11.7 Å². The predicted molar refractivity (Wildman–Crippen MR) is 79.0 cm³/mol. The van der Waals surface area contributed by atoms with Crippen LogP contribution in [0.15, 0.2) is 45.4 Å². The van der Waals surface area contributed by atoms with Gasteiger partial charge in [0.1, 0.15) is 0 Å². The van der Waals surface area contributed by atoms with Gasteiger partial charge in [-0.15, -0.1) is 0 Å². The third-order valence-electron chi connectivity index (χ3n) is 2.48. The van der Waals surface area contributed by atoms with Crippen LogP contribution in [0.3, 0.4) is 0 Å². The lowest BCUT2D eigenvalue weighted by Crippen LogP contribution is -2.17. The van der Waals surface area contributed by atoms with E-state index in [2.05, 4.69) is 20.5 Å². The molecular weight excluding hydrogens is 260 g/mol. The summed E-state index contributed by atoms with van der Waals surface area (Å²) in [6, 6.07) is 9.53. The van der Waals surface area contributed by atoms with Gasteiger partial charge in [-0.2, -0.15) is 5.10 Å². The largest absolute Gasteiger partial charge is 0.301 e. The Morgan fingerprint density at radius 1 is 1.37 bits per heavy atom. The molecule has 2 rings (SSSR count). The highest BCUT2D eigenvalue weighted by Gasteiger charge is 2.05. The Bertz CT molecular complexity index is 637. The fourth-order valence-corrected chi connectivity index (χ4v) is 1.92. The highest BCUT2D eigenvalue weighted by atomic mass is 32.2. The van der Waals surface area contributed by atoms with Crippen molar-refractivity contribution in [2.45, 2.75) is 12.1 Å². The molecule has 19 heavy (non-hydrogen) atoms. The Balaban J connectivity index is 2.18. The second-order valence-electron chi connectivity index (χ2n) is 3.81. The molecule has 0 saturated heterocycles. The molecule has 0 radical (unpaired) electrons. The van der Waals surface area contributed by atoms with Gasteiger partial charge in [0, 0.05) is 0 Å². The Labute approximate surface area is 115 Å². The molecule has 5 nitrogen and oxygen atoms in total. The molecule has 0 unspecified atom stereocenters. The molecule has 2 N–H and O–H groups in total. The van der Waals surface area contributed by atoms with Gasteiger partial charge in [0.2, 0.25) is 0 Å². The Morgan fingerprint density at radius 2 is 2.11 bits per heavy atom. The predicted octanol–water partition coefficient (Wildman–Crippen LogP) is 2.25. The maximum atomic E-state index is 11.8. The van der Waals surface area contributed by atoms with Gasteiger partial charge in [0.15, 0.2) is 5.16 Å². The van der Waals surface area contributed by atoms with Gasteiger partial charge < -0.3 is 4.98 Å². The molecule has 1 aromatic carbocycles. The molecule has 0 amide bonds. The summed E-state index contributed by atoms with van der Waals surface area (Å²) in [5.74, 6) is 0. The Kier molecular flexibility index (Phi) is 4.35. The molecule has 0 fully saturated rings. The molecule has 0 aliphatic rings. The van der Waals surface area contributed by atoms with Crippen molar-refractivity contribution >= 4 is 23.7 Å². The zero-order valence-corrected chi connectivity index (χ0v) is 11.5. The average Bonchev–Trinajstić information content (AvgIpc) is 2.42. The van der Waals surface area contributed by atoms with E-state index in [0.717, 1.165) is 5.69 Å². The quantitative estimate of drug-likeness (QED) is 0.388. The summed E-state index contributed by atoms with van der Waals surface area (Å²) in [5.41, 5.74) is 4.66.